The van der Waals surface area contributed by atoms with Gasteiger partial charge in [-0.3, -0.25) is 0 Å². The molecule has 8 aromatic carbocycles. The van der Waals surface area contributed by atoms with E-state index in [1.165, 1.54) is 111 Å². The van der Waals surface area contributed by atoms with E-state index in [9.17, 15) is 0 Å². The molecule has 0 radical (unpaired) electrons. The van der Waals surface area contributed by atoms with Crippen LogP contribution in [0.4, 0.5) is 45.5 Å². The van der Waals surface area contributed by atoms with Crippen LogP contribution >= 0.6 is 0 Å². The Kier molecular flexibility index (Phi) is 5.91. The minimum absolute atomic E-state index is 0.0889. The van der Waals surface area contributed by atoms with Crippen LogP contribution in [-0.2, 0) is 0 Å². The van der Waals surface area contributed by atoms with Crippen molar-refractivity contribution < 1.29 is 0 Å². The Hall–Kier alpha value is -6.39. The van der Waals surface area contributed by atoms with Crippen LogP contribution in [0, 0.1) is 0 Å². The number of hydrogen-bond donors (Lipinski definition) is 0. The van der Waals surface area contributed by atoms with E-state index in [1.807, 2.05) is 0 Å². The summed E-state index contributed by atoms with van der Waals surface area (Å²) in [6, 6.07) is 54.9. The molecule has 0 aromatic heterocycles. The maximum Gasteiger partial charge on any atom is 0.252 e. The van der Waals surface area contributed by atoms with Crippen LogP contribution in [0.25, 0.3) is 32.7 Å². The zero-order valence-corrected chi connectivity index (χ0v) is 30.8. The fraction of sp³-hybridized carbons (Fsp3) is 0.0833. The second-order valence-electron chi connectivity index (χ2n) is 15.5. The Morgan fingerprint density at radius 3 is 1.52 bits per heavy atom. The van der Waals surface area contributed by atoms with Crippen molar-refractivity contribution in [2.45, 2.75) is 0 Å². The van der Waals surface area contributed by atoms with Crippen molar-refractivity contribution in [1.29, 1.82) is 0 Å². The monoisotopic (exact) mass is 690 g/mol. The number of hydrogen-bond acceptors (Lipinski definition) is 4. The van der Waals surface area contributed by atoms with Gasteiger partial charge in [-0.25, -0.2) is 0 Å². The fourth-order valence-corrected chi connectivity index (χ4v) is 10.7. The van der Waals surface area contributed by atoms with Gasteiger partial charge in [0.25, 0.3) is 13.4 Å². The third kappa shape index (κ3) is 3.70. The van der Waals surface area contributed by atoms with Crippen molar-refractivity contribution in [3.8, 4) is 11.1 Å². The number of para-hydroxylation sites is 2. The minimum atomic E-state index is 0.0889. The Morgan fingerprint density at radius 1 is 0.352 bits per heavy atom. The van der Waals surface area contributed by atoms with Gasteiger partial charge in [0.1, 0.15) is 0 Å². The average Bonchev–Trinajstić information content (AvgIpc) is 3.22. The van der Waals surface area contributed by atoms with Crippen LogP contribution in [0.1, 0.15) is 0 Å². The maximum absolute atomic E-state index is 2.54. The molecule has 0 bridgehead atoms. The quantitative estimate of drug-likeness (QED) is 0.172. The van der Waals surface area contributed by atoms with Gasteiger partial charge >= 0.3 is 0 Å². The lowest BCUT2D eigenvalue weighted by molar-refractivity contribution is 1.18. The van der Waals surface area contributed by atoms with Gasteiger partial charge in [0.2, 0.25) is 0 Å². The summed E-state index contributed by atoms with van der Waals surface area (Å²) in [5.74, 6) is 0. The summed E-state index contributed by atoms with van der Waals surface area (Å²) in [6.45, 7) is 0.268. The predicted octanol–water partition coefficient (Wildman–Crippen LogP) is 7.02. The van der Waals surface area contributed by atoms with Gasteiger partial charge < -0.3 is 19.6 Å². The summed E-state index contributed by atoms with van der Waals surface area (Å²) < 4.78 is 0. The SMILES string of the molecule is CN1c2ccccc2B2c3ccccc3N(C)c3cc(-c4cc5c(c6ccccc46)N(C)c4cccc6c4B5c4ccc5ccccc5c4N6C)cc1c32. The third-order valence-corrected chi connectivity index (χ3v) is 13.0. The van der Waals surface area contributed by atoms with E-state index >= 15 is 0 Å². The van der Waals surface area contributed by atoms with Crippen LogP contribution in [0.3, 0.4) is 0 Å². The molecule has 12 rings (SSSR count). The van der Waals surface area contributed by atoms with E-state index in [4.69, 9.17) is 0 Å². The lowest BCUT2D eigenvalue weighted by Crippen LogP contribution is -2.61. The van der Waals surface area contributed by atoms with Gasteiger partial charge in [-0.1, -0.05) is 109 Å². The lowest BCUT2D eigenvalue weighted by atomic mass is 9.33. The van der Waals surface area contributed by atoms with Crippen molar-refractivity contribution in [1.82, 2.24) is 0 Å². The molecule has 0 amide bonds. The Morgan fingerprint density at radius 2 is 0.852 bits per heavy atom. The summed E-state index contributed by atoms with van der Waals surface area (Å²) >= 11 is 0. The topological polar surface area (TPSA) is 13.0 Å². The number of rotatable bonds is 1. The summed E-state index contributed by atoms with van der Waals surface area (Å²) in [4.78, 5) is 9.73. The second-order valence-corrected chi connectivity index (χ2v) is 15.5. The van der Waals surface area contributed by atoms with Crippen LogP contribution in [0.5, 0.6) is 0 Å². The second kappa shape index (κ2) is 10.6. The van der Waals surface area contributed by atoms with Crippen molar-refractivity contribution in [3.05, 3.63) is 146 Å². The molecule has 254 valence electrons. The summed E-state index contributed by atoms with van der Waals surface area (Å²) in [5, 5.41) is 5.13. The Labute approximate surface area is 316 Å². The molecular weight excluding hydrogens is 654 g/mol. The van der Waals surface area contributed by atoms with Crippen molar-refractivity contribution in [3.63, 3.8) is 0 Å². The van der Waals surface area contributed by atoms with E-state index in [0.29, 0.717) is 0 Å². The van der Waals surface area contributed by atoms with Crippen molar-refractivity contribution >= 4 is 113 Å². The predicted molar refractivity (Wildman–Crippen MR) is 234 cm³/mol. The highest BCUT2D eigenvalue weighted by atomic mass is 15.2. The number of fused-ring (bicyclic) bond motifs is 12. The normalized spacial score (nSPS) is 14.4. The van der Waals surface area contributed by atoms with Gasteiger partial charge in [-0.05, 0) is 91.1 Å². The van der Waals surface area contributed by atoms with Gasteiger partial charge in [0.15, 0.2) is 0 Å². The molecule has 0 spiro atoms. The first-order valence-corrected chi connectivity index (χ1v) is 19.0. The molecule has 54 heavy (non-hydrogen) atoms. The summed E-state index contributed by atoms with van der Waals surface area (Å²) in [5.41, 5.74) is 21.0. The van der Waals surface area contributed by atoms with E-state index in [2.05, 4.69) is 193 Å². The van der Waals surface area contributed by atoms with E-state index < -0.39 is 0 Å². The van der Waals surface area contributed by atoms with Crippen LogP contribution in [0.15, 0.2) is 146 Å². The molecule has 0 saturated carbocycles. The molecule has 4 heterocycles. The smallest absolute Gasteiger partial charge is 0.252 e. The molecule has 4 aliphatic rings. The van der Waals surface area contributed by atoms with Gasteiger partial charge in [0, 0.05) is 84.5 Å². The highest BCUT2D eigenvalue weighted by Crippen LogP contribution is 2.45. The molecule has 0 N–H and O–H groups in total. The largest absolute Gasteiger partial charge is 0.345 e. The average molecular weight is 690 g/mol. The fourth-order valence-electron chi connectivity index (χ4n) is 10.7. The van der Waals surface area contributed by atoms with Crippen molar-refractivity contribution in [2.75, 3.05) is 47.8 Å². The molecule has 8 aromatic rings. The zero-order chi connectivity index (χ0) is 36.0. The molecule has 0 aliphatic carbocycles. The molecular formula is C48H36B2N4. The Balaban J connectivity index is 1.16. The molecule has 0 saturated heterocycles. The molecule has 4 nitrogen and oxygen atoms in total. The van der Waals surface area contributed by atoms with Gasteiger partial charge in [0.05, 0.1) is 0 Å². The highest BCUT2D eigenvalue weighted by Gasteiger charge is 2.44. The molecule has 0 atom stereocenters. The molecule has 0 unspecified atom stereocenters. The minimum Gasteiger partial charge on any atom is -0.345 e. The zero-order valence-electron chi connectivity index (χ0n) is 30.8. The van der Waals surface area contributed by atoms with Crippen LogP contribution < -0.4 is 52.4 Å². The van der Waals surface area contributed by atoms with Gasteiger partial charge in [-0.15, -0.1) is 0 Å². The van der Waals surface area contributed by atoms with Crippen molar-refractivity contribution in [2.24, 2.45) is 0 Å². The molecule has 4 aliphatic heterocycles. The van der Waals surface area contributed by atoms with Gasteiger partial charge in [-0.2, -0.15) is 0 Å². The third-order valence-electron chi connectivity index (χ3n) is 13.0. The summed E-state index contributed by atoms with van der Waals surface area (Å²) in [6.07, 6.45) is 0. The Bertz CT molecular complexity index is 2870. The molecule has 6 heteroatoms. The summed E-state index contributed by atoms with van der Waals surface area (Å²) in [7, 11) is 8.99. The number of benzene rings is 8. The van der Waals surface area contributed by atoms with E-state index in [0.717, 1.165) is 0 Å². The van der Waals surface area contributed by atoms with Crippen LogP contribution in [-0.4, -0.2) is 41.6 Å². The first-order valence-electron chi connectivity index (χ1n) is 19.0. The number of anilines is 8. The highest BCUT2D eigenvalue weighted by molar-refractivity contribution is 7.01. The standard InChI is InChI=1S/C48H36B2N4/c1-51-39-20-11-9-18-35(39)49-36-19-10-12-21-40(36)52(2)44-27-30(26-43(51)46(44)49)34-28-38-48(33-17-8-7-16-32(33)34)54(4)42-23-13-22-41-45(42)50(38)37-25-24-29-14-5-6-15-31(29)47(37)53(41)3/h5-28H,1-4H3. The van der Waals surface area contributed by atoms with E-state index in [-0.39, 0.29) is 13.4 Å². The van der Waals surface area contributed by atoms with E-state index in [1.54, 1.807) is 0 Å². The first-order chi connectivity index (χ1) is 26.5. The first kappa shape index (κ1) is 30.1. The number of nitrogens with zero attached hydrogens (tertiary/aromatic N) is 4. The lowest BCUT2D eigenvalue weighted by Gasteiger charge is -2.43. The molecule has 0 fully saturated rings. The maximum atomic E-state index is 2.54. The van der Waals surface area contributed by atoms with Crippen LogP contribution in [0.2, 0.25) is 0 Å².